The van der Waals surface area contributed by atoms with Gasteiger partial charge in [0.2, 0.25) is 5.78 Å². The van der Waals surface area contributed by atoms with Crippen LogP contribution in [0.5, 0.6) is 0 Å². The minimum Gasteiger partial charge on any atom is -0.375 e. The van der Waals surface area contributed by atoms with E-state index in [0.29, 0.717) is 23.8 Å². The van der Waals surface area contributed by atoms with Gasteiger partial charge in [-0.25, -0.2) is 4.98 Å². The van der Waals surface area contributed by atoms with E-state index < -0.39 is 0 Å². The molecular weight excluding hydrogens is 234 g/mol. The first-order valence-electron chi connectivity index (χ1n) is 5.50. The number of aromatic nitrogens is 1. The summed E-state index contributed by atoms with van der Waals surface area (Å²) in [5.74, 6) is 0.00463. The molecule has 0 amide bonds. The van der Waals surface area contributed by atoms with Crippen molar-refractivity contribution in [1.82, 2.24) is 4.98 Å². The van der Waals surface area contributed by atoms with Gasteiger partial charge >= 0.3 is 0 Å². The van der Waals surface area contributed by atoms with Crippen LogP contribution in [0.1, 0.15) is 25.9 Å². The number of rotatable bonds is 2. The molecule has 1 aliphatic heterocycles. The second kappa shape index (κ2) is 4.39. The topological polar surface area (TPSA) is 39.2 Å². The van der Waals surface area contributed by atoms with Crippen molar-refractivity contribution in [3.8, 4) is 0 Å². The first kappa shape index (κ1) is 10.6. The van der Waals surface area contributed by atoms with E-state index in [1.54, 1.807) is 0 Å². The molecule has 2 heterocycles. The van der Waals surface area contributed by atoms with Crippen LogP contribution in [0.15, 0.2) is 30.3 Å². The van der Waals surface area contributed by atoms with Crippen molar-refractivity contribution >= 4 is 17.1 Å². The number of fused-ring (bicyclic) bond motifs is 1. The van der Waals surface area contributed by atoms with Crippen molar-refractivity contribution in [2.24, 2.45) is 0 Å². The van der Waals surface area contributed by atoms with Crippen LogP contribution in [-0.4, -0.2) is 17.4 Å². The number of hydrogen-bond donors (Lipinski definition) is 0. The van der Waals surface area contributed by atoms with Crippen molar-refractivity contribution in [2.75, 3.05) is 6.61 Å². The van der Waals surface area contributed by atoms with Crippen LogP contribution in [0.4, 0.5) is 0 Å². The van der Waals surface area contributed by atoms with Gasteiger partial charge in [-0.05, 0) is 0 Å². The number of carbonyl (C=O) groups excluding carboxylic acids is 1. The summed E-state index contributed by atoms with van der Waals surface area (Å²) in [5, 5.41) is 0.576. The number of hydrogen-bond acceptors (Lipinski definition) is 4. The zero-order valence-corrected chi connectivity index (χ0v) is 10.00. The van der Waals surface area contributed by atoms with E-state index >= 15 is 0 Å². The zero-order valence-electron chi connectivity index (χ0n) is 9.18. The molecule has 0 spiro atoms. The smallest absolute Gasteiger partial charge is 0.221 e. The van der Waals surface area contributed by atoms with Crippen LogP contribution in [0.3, 0.4) is 0 Å². The van der Waals surface area contributed by atoms with E-state index in [9.17, 15) is 4.79 Å². The molecule has 1 aromatic carbocycles. The quantitative estimate of drug-likeness (QED) is 0.763. The van der Waals surface area contributed by atoms with E-state index in [1.165, 1.54) is 11.3 Å². The van der Waals surface area contributed by atoms with E-state index in [2.05, 4.69) is 4.98 Å². The molecule has 3 rings (SSSR count). The molecule has 2 aromatic rings. The van der Waals surface area contributed by atoms with E-state index in [4.69, 9.17) is 4.74 Å². The van der Waals surface area contributed by atoms with Crippen molar-refractivity contribution in [2.45, 2.75) is 13.0 Å². The maximum atomic E-state index is 12.2. The van der Waals surface area contributed by atoms with Gasteiger partial charge in [0, 0.05) is 12.0 Å². The fourth-order valence-corrected chi connectivity index (χ4v) is 2.84. The van der Waals surface area contributed by atoms with Crippen LogP contribution in [-0.2, 0) is 17.8 Å². The summed E-state index contributed by atoms with van der Waals surface area (Å²) in [6, 6.07) is 9.27. The Hall–Kier alpha value is -1.52. The molecule has 0 unspecified atom stereocenters. The highest BCUT2D eigenvalue weighted by Crippen LogP contribution is 2.25. The molecule has 0 saturated heterocycles. The Morgan fingerprint density at radius 3 is 2.88 bits per heavy atom. The molecule has 0 saturated carbocycles. The molecule has 0 radical (unpaired) electrons. The van der Waals surface area contributed by atoms with Gasteiger partial charge in [0.1, 0.15) is 0 Å². The largest absolute Gasteiger partial charge is 0.375 e. The van der Waals surface area contributed by atoms with Crippen molar-refractivity contribution in [1.29, 1.82) is 0 Å². The molecule has 0 fully saturated rings. The summed E-state index contributed by atoms with van der Waals surface area (Å²) in [6.45, 7) is 1.30. The molecule has 0 bridgehead atoms. The maximum Gasteiger partial charge on any atom is 0.221 e. The second-order valence-electron chi connectivity index (χ2n) is 3.89. The lowest BCUT2D eigenvalue weighted by atomic mass is 10.1. The van der Waals surface area contributed by atoms with Gasteiger partial charge in [-0.2, -0.15) is 0 Å². The minimum absolute atomic E-state index is 0.00463. The highest BCUT2D eigenvalue weighted by Gasteiger charge is 2.20. The molecule has 1 aliphatic rings. The maximum absolute atomic E-state index is 12.2. The Kier molecular flexibility index (Phi) is 2.74. The first-order valence-corrected chi connectivity index (χ1v) is 6.32. The van der Waals surface area contributed by atoms with Gasteiger partial charge in [-0.3, -0.25) is 4.79 Å². The number of carbonyl (C=O) groups is 1. The summed E-state index contributed by atoms with van der Waals surface area (Å²) in [6.07, 6.45) is 0.813. The minimum atomic E-state index is 0.00463. The summed E-state index contributed by atoms with van der Waals surface area (Å²) in [5.41, 5.74) is 1.72. The standard InChI is InChI=1S/C13H11NO2S/c15-12(9-4-2-1-3-5-9)13-14-10-6-7-16-8-11(10)17-13/h1-5H,6-8H2. The Bertz CT molecular complexity index is 524. The lowest BCUT2D eigenvalue weighted by Crippen LogP contribution is -2.07. The molecule has 3 nitrogen and oxygen atoms in total. The highest BCUT2D eigenvalue weighted by atomic mass is 32.1. The van der Waals surface area contributed by atoms with Crippen molar-refractivity contribution in [3.05, 3.63) is 51.5 Å². The SMILES string of the molecule is O=C(c1ccccc1)c1nc2c(s1)COCC2. The Morgan fingerprint density at radius 1 is 1.29 bits per heavy atom. The molecule has 4 heteroatoms. The molecule has 0 aliphatic carbocycles. The third-order valence-electron chi connectivity index (χ3n) is 2.72. The summed E-state index contributed by atoms with van der Waals surface area (Å²) < 4.78 is 5.35. The summed E-state index contributed by atoms with van der Waals surface area (Å²) in [7, 11) is 0. The number of nitrogens with zero attached hydrogens (tertiary/aromatic N) is 1. The highest BCUT2D eigenvalue weighted by molar-refractivity contribution is 7.13. The van der Waals surface area contributed by atoms with Gasteiger partial charge in [0.05, 0.1) is 23.8 Å². The Morgan fingerprint density at radius 2 is 2.12 bits per heavy atom. The number of ketones is 1. The lowest BCUT2D eigenvalue weighted by Gasteiger charge is -2.08. The third kappa shape index (κ3) is 2.01. The third-order valence-corrected chi connectivity index (χ3v) is 3.79. The fourth-order valence-electron chi connectivity index (χ4n) is 1.84. The van der Waals surface area contributed by atoms with E-state index in [1.807, 2.05) is 30.3 Å². The summed E-state index contributed by atoms with van der Waals surface area (Å²) >= 11 is 1.45. The predicted molar refractivity (Wildman–Crippen MR) is 65.3 cm³/mol. The van der Waals surface area contributed by atoms with E-state index in [0.717, 1.165) is 17.0 Å². The molecule has 1 aromatic heterocycles. The average molecular weight is 245 g/mol. The van der Waals surface area contributed by atoms with Crippen molar-refractivity contribution in [3.63, 3.8) is 0 Å². The van der Waals surface area contributed by atoms with Gasteiger partial charge in [-0.1, -0.05) is 30.3 Å². The number of benzene rings is 1. The molecule has 86 valence electrons. The molecule has 0 atom stereocenters. The van der Waals surface area contributed by atoms with E-state index in [-0.39, 0.29) is 5.78 Å². The monoisotopic (exact) mass is 245 g/mol. The van der Waals surface area contributed by atoms with Gasteiger partial charge in [0.15, 0.2) is 5.01 Å². The summed E-state index contributed by atoms with van der Waals surface area (Å²) in [4.78, 5) is 17.7. The molecular formula is C13H11NO2S. The molecule has 17 heavy (non-hydrogen) atoms. The number of ether oxygens (including phenoxy) is 1. The number of thiazole rings is 1. The first-order chi connectivity index (χ1) is 8.34. The van der Waals surface area contributed by atoms with Crippen LogP contribution in [0.2, 0.25) is 0 Å². The average Bonchev–Trinajstić information content (AvgIpc) is 2.82. The van der Waals surface area contributed by atoms with Gasteiger partial charge in [-0.15, -0.1) is 11.3 Å². The Balaban J connectivity index is 1.94. The van der Waals surface area contributed by atoms with Crippen LogP contribution in [0, 0.1) is 0 Å². The van der Waals surface area contributed by atoms with Gasteiger partial charge in [0.25, 0.3) is 0 Å². The van der Waals surface area contributed by atoms with Crippen LogP contribution in [0.25, 0.3) is 0 Å². The normalized spacial score (nSPS) is 14.4. The molecule has 0 N–H and O–H groups in total. The predicted octanol–water partition coefficient (Wildman–Crippen LogP) is 2.45. The van der Waals surface area contributed by atoms with Crippen LogP contribution >= 0.6 is 11.3 Å². The second-order valence-corrected chi connectivity index (χ2v) is 4.97. The Labute approximate surface area is 103 Å². The van der Waals surface area contributed by atoms with Crippen LogP contribution < -0.4 is 0 Å². The zero-order chi connectivity index (χ0) is 11.7. The van der Waals surface area contributed by atoms with Gasteiger partial charge < -0.3 is 4.74 Å². The fraction of sp³-hybridized carbons (Fsp3) is 0.231. The lowest BCUT2D eigenvalue weighted by molar-refractivity contribution is 0.103. The van der Waals surface area contributed by atoms with Crippen molar-refractivity contribution < 1.29 is 9.53 Å².